The van der Waals surface area contributed by atoms with E-state index >= 15 is 0 Å². The number of hydrogen-bond donors (Lipinski definition) is 0. The summed E-state index contributed by atoms with van der Waals surface area (Å²) in [5.74, 6) is 1.89. The molecule has 4 rings (SSSR count). The van der Waals surface area contributed by atoms with E-state index in [2.05, 4.69) is 24.3 Å². The molecular formula is C14H14. The van der Waals surface area contributed by atoms with Crippen molar-refractivity contribution in [2.45, 2.75) is 25.7 Å². The Kier molecular flexibility index (Phi) is 1.20. The summed E-state index contributed by atoms with van der Waals surface area (Å²) in [6.07, 6.45) is 5.67. The van der Waals surface area contributed by atoms with E-state index in [4.69, 9.17) is 0 Å². The second-order valence-corrected chi connectivity index (χ2v) is 4.98. The standard InChI is InChI=1S/C14H14/c1-2-4-12-9(3-1)8-13-10-5-6-11(7-10)14(12)13/h1-4,10-11H,5-8H2/t10-,11+/m1/s1. The minimum atomic E-state index is 0.929. The van der Waals surface area contributed by atoms with Crippen LogP contribution < -0.4 is 0 Å². The Morgan fingerprint density at radius 3 is 2.86 bits per heavy atom. The van der Waals surface area contributed by atoms with Crippen LogP contribution in [0.25, 0.3) is 5.57 Å². The molecule has 0 heterocycles. The number of hydrogen-bond acceptors (Lipinski definition) is 0. The smallest absolute Gasteiger partial charge is 0.00521 e. The van der Waals surface area contributed by atoms with Crippen molar-refractivity contribution in [3.63, 3.8) is 0 Å². The third-order valence-electron chi connectivity index (χ3n) is 4.37. The molecule has 0 amide bonds. The van der Waals surface area contributed by atoms with E-state index in [1.54, 1.807) is 16.7 Å². The molecule has 70 valence electrons. The molecule has 0 unspecified atom stereocenters. The van der Waals surface area contributed by atoms with Crippen molar-refractivity contribution in [1.82, 2.24) is 0 Å². The number of rotatable bonds is 0. The average molecular weight is 182 g/mol. The van der Waals surface area contributed by atoms with Crippen molar-refractivity contribution in [2.75, 3.05) is 0 Å². The lowest BCUT2D eigenvalue weighted by Crippen LogP contribution is -1.97. The zero-order valence-corrected chi connectivity index (χ0v) is 8.29. The Morgan fingerprint density at radius 1 is 1.00 bits per heavy atom. The largest absolute Gasteiger partial charge is 0.0619 e. The summed E-state index contributed by atoms with van der Waals surface area (Å²) in [4.78, 5) is 0. The molecule has 1 saturated carbocycles. The van der Waals surface area contributed by atoms with Crippen LogP contribution in [0.5, 0.6) is 0 Å². The Morgan fingerprint density at radius 2 is 1.86 bits per heavy atom. The Labute approximate surface area is 84.6 Å². The van der Waals surface area contributed by atoms with Crippen molar-refractivity contribution >= 4 is 5.57 Å². The molecule has 2 bridgehead atoms. The summed E-state index contributed by atoms with van der Waals surface area (Å²) >= 11 is 0. The van der Waals surface area contributed by atoms with Gasteiger partial charge in [-0.3, -0.25) is 0 Å². The van der Waals surface area contributed by atoms with Crippen LogP contribution in [0, 0.1) is 11.8 Å². The van der Waals surface area contributed by atoms with Crippen LogP contribution in [0.3, 0.4) is 0 Å². The Balaban J connectivity index is 1.94. The summed E-state index contributed by atoms with van der Waals surface area (Å²) in [5, 5.41) is 0. The van der Waals surface area contributed by atoms with Crippen molar-refractivity contribution in [1.29, 1.82) is 0 Å². The summed E-state index contributed by atoms with van der Waals surface area (Å²) in [7, 11) is 0. The number of allylic oxidation sites excluding steroid dienone is 2. The van der Waals surface area contributed by atoms with E-state index in [0.29, 0.717) is 0 Å². The maximum atomic E-state index is 2.33. The van der Waals surface area contributed by atoms with Gasteiger partial charge in [0.1, 0.15) is 0 Å². The van der Waals surface area contributed by atoms with Gasteiger partial charge in [-0.2, -0.15) is 0 Å². The molecule has 0 heteroatoms. The van der Waals surface area contributed by atoms with Gasteiger partial charge >= 0.3 is 0 Å². The molecular weight excluding hydrogens is 168 g/mol. The molecule has 0 aromatic heterocycles. The third-order valence-corrected chi connectivity index (χ3v) is 4.37. The van der Waals surface area contributed by atoms with Crippen LogP contribution >= 0.6 is 0 Å². The second kappa shape index (κ2) is 2.31. The molecule has 1 fully saturated rings. The minimum absolute atomic E-state index is 0.929. The van der Waals surface area contributed by atoms with Crippen molar-refractivity contribution in [3.8, 4) is 0 Å². The van der Waals surface area contributed by atoms with Gasteiger partial charge in [0.05, 0.1) is 0 Å². The summed E-state index contributed by atoms with van der Waals surface area (Å²) in [6, 6.07) is 9.02. The van der Waals surface area contributed by atoms with Gasteiger partial charge in [0, 0.05) is 0 Å². The highest BCUT2D eigenvalue weighted by atomic mass is 14.5. The zero-order valence-electron chi connectivity index (χ0n) is 8.29. The summed E-state index contributed by atoms with van der Waals surface area (Å²) < 4.78 is 0. The predicted octanol–water partition coefficient (Wildman–Crippen LogP) is 3.43. The first-order valence-corrected chi connectivity index (χ1v) is 5.74. The fraction of sp³-hybridized carbons (Fsp3) is 0.429. The highest BCUT2D eigenvalue weighted by Crippen LogP contribution is 2.56. The second-order valence-electron chi connectivity index (χ2n) is 4.98. The normalized spacial score (nSPS) is 32.3. The topological polar surface area (TPSA) is 0 Å². The molecule has 14 heavy (non-hydrogen) atoms. The quantitative estimate of drug-likeness (QED) is 0.576. The monoisotopic (exact) mass is 182 g/mol. The van der Waals surface area contributed by atoms with Gasteiger partial charge in [-0.25, -0.2) is 0 Å². The molecule has 0 saturated heterocycles. The van der Waals surface area contributed by atoms with Crippen LogP contribution in [-0.4, -0.2) is 0 Å². The third kappa shape index (κ3) is 0.716. The fourth-order valence-corrected chi connectivity index (χ4v) is 3.82. The van der Waals surface area contributed by atoms with Crippen LogP contribution in [-0.2, 0) is 6.42 Å². The van der Waals surface area contributed by atoms with Crippen LogP contribution in [0.15, 0.2) is 29.8 Å². The molecule has 3 aliphatic rings. The Bertz CT molecular complexity index is 439. The van der Waals surface area contributed by atoms with Crippen molar-refractivity contribution < 1.29 is 0 Å². The van der Waals surface area contributed by atoms with Gasteiger partial charge in [0.2, 0.25) is 0 Å². The molecule has 1 aromatic carbocycles. The van der Waals surface area contributed by atoms with Crippen molar-refractivity contribution in [3.05, 3.63) is 41.0 Å². The van der Waals surface area contributed by atoms with Gasteiger partial charge in [0.15, 0.2) is 0 Å². The van der Waals surface area contributed by atoms with E-state index in [-0.39, 0.29) is 0 Å². The van der Waals surface area contributed by atoms with Crippen LogP contribution in [0.2, 0.25) is 0 Å². The summed E-state index contributed by atoms with van der Waals surface area (Å²) in [5.41, 5.74) is 6.75. The first kappa shape index (κ1) is 7.28. The van der Waals surface area contributed by atoms with Gasteiger partial charge in [-0.05, 0) is 54.2 Å². The lowest BCUT2D eigenvalue weighted by Gasteiger charge is -2.13. The maximum absolute atomic E-state index is 2.33. The van der Waals surface area contributed by atoms with E-state index < -0.39 is 0 Å². The molecule has 2 atom stereocenters. The highest BCUT2D eigenvalue weighted by molar-refractivity contribution is 5.80. The SMILES string of the molecule is c1ccc2c(c1)CC1=C2[C@H]2CC[C@@H]1C2. The molecule has 0 aliphatic heterocycles. The average Bonchev–Trinajstić information content (AvgIpc) is 2.88. The number of fused-ring (bicyclic) bond motifs is 6. The molecule has 0 radical (unpaired) electrons. The zero-order chi connectivity index (χ0) is 9.12. The molecule has 0 nitrogen and oxygen atoms in total. The molecule has 3 aliphatic carbocycles. The maximum Gasteiger partial charge on any atom is -0.00521 e. The molecule has 0 spiro atoms. The highest BCUT2D eigenvalue weighted by Gasteiger charge is 2.42. The van der Waals surface area contributed by atoms with Gasteiger partial charge in [-0.15, -0.1) is 0 Å². The van der Waals surface area contributed by atoms with Crippen LogP contribution in [0.1, 0.15) is 30.4 Å². The minimum Gasteiger partial charge on any atom is -0.0619 e. The molecule has 0 N–H and O–H groups in total. The van der Waals surface area contributed by atoms with E-state index in [1.165, 1.54) is 25.7 Å². The lowest BCUT2D eigenvalue weighted by molar-refractivity contribution is 0.644. The van der Waals surface area contributed by atoms with Gasteiger partial charge in [0.25, 0.3) is 0 Å². The molecule has 1 aromatic rings. The Hall–Kier alpha value is -1.04. The first-order chi connectivity index (χ1) is 6.93. The van der Waals surface area contributed by atoms with Gasteiger partial charge < -0.3 is 0 Å². The first-order valence-electron chi connectivity index (χ1n) is 5.74. The van der Waals surface area contributed by atoms with Crippen LogP contribution in [0.4, 0.5) is 0 Å². The lowest BCUT2D eigenvalue weighted by atomic mass is 9.92. The van der Waals surface area contributed by atoms with E-state index in [1.807, 2.05) is 5.57 Å². The van der Waals surface area contributed by atoms with E-state index in [0.717, 1.165) is 11.8 Å². The number of benzene rings is 1. The predicted molar refractivity (Wildman–Crippen MR) is 57.9 cm³/mol. The fourth-order valence-electron chi connectivity index (χ4n) is 3.82. The summed E-state index contributed by atoms with van der Waals surface area (Å²) in [6.45, 7) is 0. The van der Waals surface area contributed by atoms with E-state index in [9.17, 15) is 0 Å². The van der Waals surface area contributed by atoms with Crippen molar-refractivity contribution in [2.24, 2.45) is 11.8 Å². The van der Waals surface area contributed by atoms with Gasteiger partial charge in [-0.1, -0.05) is 29.8 Å².